The van der Waals surface area contributed by atoms with Crippen LogP contribution in [0.4, 0.5) is 0 Å². The molecule has 5 heteroatoms. The van der Waals surface area contributed by atoms with E-state index in [1.165, 1.54) is 51.4 Å². The summed E-state index contributed by atoms with van der Waals surface area (Å²) in [5, 5.41) is 0. The molecule has 0 fully saturated rings. The van der Waals surface area contributed by atoms with Gasteiger partial charge < -0.3 is 0 Å². The summed E-state index contributed by atoms with van der Waals surface area (Å²) in [6.45, 7) is 5.33. The van der Waals surface area contributed by atoms with Crippen molar-refractivity contribution in [2.45, 2.75) is 78.1 Å². The Kier molecular flexibility index (Phi) is 14.0. The first-order valence-corrected chi connectivity index (χ1v) is 10.8. The molecule has 0 radical (unpaired) electrons. The maximum Gasteiger partial charge on any atom is 0.215 e. The molecule has 0 atom stereocenters. The fourth-order valence-electron chi connectivity index (χ4n) is 2.50. The highest BCUT2D eigenvalue weighted by Gasteiger charge is 2.18. The van der Waals surface area contributed by atoms with Crippen LogP contribution >= 0.6 is 11.6 Å². The van der Waals surface area contributed by atoms with Gasteiger partial charge in [0, 0.05) is 19.0 Å². The molecular formula is C16H34ClNO2S. The van der Waals surface area contributed by atoms with Crippen molar-refractivity contribution in [2.75, 3.05) is 24.7 Å². The quantitative estimate of drug-likeness (QED) is 0.317. The van der Waals surface area contributed by atoms with Crippen LogP contribution in [0.15, 0.2) is 0 Å². The molecular weight excluding hydrogens is 306 g/mol. The molecule has 0 spiro atoms. The molecule has 0 rings (SSSR count). The zero-order valence-electron chi connectivity index (χ0n) is 13.9. The number of sulfonamides is 1. The van der Waals surface area contributed by atoms with Crippen LogP contribution < -0.4 is 0 Å². The number of rotatable bonds is 15. The van der Waals surface area contributed by atoms with Gasteiger partial charge in [-0.2, -0.15) is 0 Å². The molecule has 0 N–H and O–H groups in total. The van der Waals surface area contributed by atoms with Crippen molar-refractivity contribution in [2.24, 2.45) is 0 Å². The zero-order valence-corrected chi connectivity index (χ0v) is 15.5. The first-order chi connectivity index (χ1) is 10.1. The van der Waals surface area contributed by atoms with Crippen molar-refractivity contribution in [1.82, 2.24) is 4.31 Å². The predicted molar refractivity (Wildman–Crippen MR) is 93.6 cm³/mol. The summed E-state index contributed by atoms with van der Waals surface area (Å²) < 4.78 is 25.4. The van der Waals surface area contributed by atoms with Gasteiger partial charge in [-0.15, -0.1) is 11.6 Å². The lowest BCUT2D eigenvalue weighted by atomic mass is 10.1. The number of unbranched alkanes of at least 4 members (excludes halogenated alkanes) is 9. The molecule has 0 aromatic carbocycles. The Bertz CT molecular complexity index is 320. The second-order valence-corrected chi connectivity index (χ2v) is 8.15. The highest BCUT2D eigenvalue weighted by molar-refractivity contribution is 7.89. The summed E-state index contributed by atoms with van der Waals surface area (Å²) in [6, 6.07) is 0. The van der Waals surface area contributed by atoms with Gasteiger partial charge >= 0.3 is 0 Å². The summed E-state index contributed by atoms with van der Waals surface area (Å²) in [5.74, 6) is 0.233. The third-order valence-corrected chi connectivity index (χ3v) is 6.20. The van der Waals surface area contributed by atoms with Gasteiger partial charge in [0.25, 0.3) is 0 Å². The van der Waals surface area contributed by atoms with Gasteiger partial charge in [0.2, 0.25) is 10.0 Å². The van der Waals surface area contributed by atoms with Crippen LogP contribution in [-0.2, 0) is 10.0 Å². The van der Waals surface area contributed by atoms with E-state index in [-0.39, 0.29) is 11.6 Å². The number of hydrogen-bond donors (Lipinski definition) is 0. The SMILES string of the molecule is CCCCCCCCCCCCN(CC)S(=O)(=O)CCCl. The molecule has 0 saturated heterocycles. The molecule has 0 aromatic heterocycles. The van der Waals surface area contributed by atoms with Crippen molar-refractivity contribution in [1.29, 1.82) is 0 Å². The third kappa shape index (κ3) is 11.4. The van der Waals surface area contributed by atoms with E-state index in [1.807, 2.05) is 6.92 Å². The summed E-state index contributed by atoms with van der Waals surface area (Å²) in [5.41, 5.74) is 0. The van der Waals surface area contributed by atoms with E-state index in [9.17, 15) is 8.42 Å². The molecule has 0 saturated carbocycles. The van der Waals surface area contributed by atoms with Crippen molar-refractivity contribution >= 4 is 21.6 Å². The monoisotopic (exact) mass is 339 g/mol. The smallest absolute Gasteiger partial charge is 0.212 e. The van der Waals surface area contributed by atoms with E-state index < -0.39 is 10.0 Å². The van der Waals surface area contributed by atoms with Crippen LogP contribution in [0.5, 0.6) is 0 Å². The molecule has 0 amide bonds. The zero-order chi connectivity index (χ0) is 16.0. The molecule has 0 unspecified atom stereocenters. The summed E-state index contributed by atoms with van der Waals surface area (Å²) in [7, 11) is -3.13. The maximum atomic E-state index is 11.9. The van der Waals surface area contributed by atoms with Gasteiger partial charge in [-0.3, -0.25) is 0 Å². The third-order valence-electron chi connectivity index (χ3n) is 3.84. The Balaban J connectivity index is 3.56. The topological polar surface area (TPSA) is 37.4 Å². The lowest BCUT2D eigenvalue weighted by molar-refractivity contribution is 0.411. The Labute approximate surface area is 137 Å². The van der Waals surface area contributed by atoms with Gasteiger partial charge in [0.15, 0.2) is 0 Å². The van der Waals surface area contributed by atoms with E-state index in [4.69, 9.17) is 11.6 Å². The Morgan fingerprint density at radius 2 is 1.29 bits per heavy atom. The van der Waals surface area contributed by atoms with Crippen LogP contribution in [0.3, 0.4) is 0 Å². The fourth-order valence-corrected chi connectivity index (χ4v) is 4.33. The number of alkyl halides is 1. The lowest BCUT2D eigenvalue weighted by Gasteiger charge is -2.19. The van der Waals surface area contributed by atoms with E-state index in [2.05, 4.69) is 6.92 Å². The van der Waals surface area contributed by atoms with Crippen molar-refractivity contribution in [3.8, 4) is 0 Å². The van der Waals surface area contributed by atoms with Crippen LogP contribution in [0.2, 0.25) is 0 Å². The lowest BCUT2D eigenvalue weighted by Crippen LogP contribution is -2.34. The van der Waals surface area contributed by atoms with Crippen LogP contribution in [0.1, 0.15) is 78.1 Å². The minimum atomic E-state index is -3.13. The second-order valence-electron chi connectivity index (χ2n) is 5.68. The summed E-state index contributed by atoms with van der Waals surface area (Å²) in [6.07, 6.45) is 12.7. The normalized spacial score (nSPS) is 12.2. The Hall–Kier alpha value is 0.200. The maximum absolute atomic E-state index is 11.9. The molecule has 128 valence electrons. The highest BCUT2D eigenvalue weighted by atomic mass is 35.5. The summed E-state index contributed by atoms with van der Waals surface area (Å²) in [4.78, 5) is 0. The van der Waals surface area contributed by atoms with Crippen molar-refractivity contribution in [3.05, 3.63) is 0 Å². The van der Waals surface area contributed by atoms with Crippen molar-refractivity contribution < 1.29 is 8.42 Å². The molecule has 3 nitrogen and oxygen atoms in total. The second kappa shape index (κ2) is 13.8. The van der Waals surface area contributed by atoms with E-state index in [0.717, 1.165) is 12.8 Å². The molecule has 0 aliphatic carbocycles. The average molecular weight is 340 g/mol. The molecule has 0 aromatic rings. The van der Waals surface area contributed by atoms with Gasteiger partial charge in [-0.05, 0) is 6.42 Å². The molecule has 0 aliphatic rings. The molecule has 0 aliphatic heterocycles. The first-order valence-electron chi connectivity index (χ1n) is 8.62. The van der Waals surface area contributed by atoms with E-state index in [1.54, 1.807) is 4.31 Å². The van der Waals surface area contributed by atoms with Crippen molar-refractivity contribution in [3.63, 3.8) is 0 Å². The van der Waals surface area contributed by atoms with E-state index in [0.29, 0.717) is 13.1 Å². The Morgan fingerprint density at radius 3 is 1.71 bits per heavy atom. The minimum Gasteiger partial charge on any atom is -0.212 e. The number of hydrogen-bond acceptors (Lipinski definition) is 2. The number of halogens is 1. The average Bonchev–Trinajstić information content (AvgIpc) is 2.44. The van der Waals surface area contributed by atoms with Crippen LogP contribution in [0.25, 0.3) is 0 Å². The van der Waals surface area contributed by atoms with Crippen LogP contribution in [-0.4, -0.2) is 37.4 Å². The highest BCUT2D eigenvalue weighted by Crippen LogP contribution is 2.11. The van der Waals surface area contributed by atoms with Crippen LogP contribution in [0, 0.1) is 0 Å². The fraction of sp³-hybridized carbons (Fsp3) is 1.00. The standard InChI is InChI=1S/C16H34ClNO2S/c1-3-5-6-7-8-9-10-11-12-13-15-18(4-2)21(19,20)16-14-17/h3-16H2,1-2H3. The molecule has 0 heterocycles. The predicted octanol–water partition coefficient (Wildman–Crippen LogP) is 4.80. The minimum absolute atomic E-state index is 0.0557. The van der Waals surface area contributed by atoms with Gasteiger partial charge in [-0.1, -0.05) is 71.6 Å². The van der Waals surface area contributed by atoms with Gasteiger partial charge in [0.05, 0.1) is 5.75 Å². The van der Waals surface area contributed by atoms with Gasteiger partial charge in [-0.25, -0.2) is 12.7 Å². The summed E-state index contributed by atoms with van der Waals surface area (Å²) >= 11 is 5.55. The molecule has 21 heavy (non-hydrogen) atoms. The molecule has 0 bridgehead atoms. The largest absolute Gasteiger partial charge is 0.215 e. The Morgan fingerprint density at radius 1 is 0.810 bits per heavy atom. The van der Waals surface area contributed by atoms with E-state index >= 15 is 0 Å². The number of nitrogens with zero attached hydrogens (tertiary/aromatic N) is 1. The van der Waals surface area contributed by atoms with Gasteiger partial charge in [0.1, 0.15) is 0 Å². The first kappa shape index (κ1) is 21.2.